The Bertz CT molecular complexity index is 1060. The van der Waals surface area contributed by atoms with Gasteiger partial charge in [0.05, 0.1) is 4.88 Å². The minimum Gasteiger partial charge on any atom is -0.349 e. The monoisotopic (exact) mass is 406 g/mol. The van der Waals surface area contributed by atoms with Gasteiger partial charge in [0.1, 0.15) is 0 Å². The first-order chi connectivity index (χ1) is 14.1. The van der Waals surface area contributed by atoms with Crippen LogP contribution in [0.25, 0.3) is 11.1 Å². The van der Waals surface area contributed by atoms with Gasteiger partial charge in [-0.15, -0.1) is 11.3 Å². The Morgan fingerprint density at radius 2 is 2.07 bits per heavy atom. The van der Waals surface area contributed by atoms with Gasteiger partial charge in [0.2, 0.25) is 0 Å². The van der Waals surface area contributed by atoms with Crippen LogP contribution in [-0.4, -0.2) is 22.8 Å². The fourth-order valence-corrected chi connectivity index (χ4v) is 4.13. The fourth-order valence-electron chi connectivity index (χ4n) is 3.13. The number of thiophene rings is 1. The smallest absolute Gasteiger partial charge is 0.266 e. The van der Waals surface area contributed by atoms with Crippen LogP contribution in [-0.2, 0) is 6.54 Å². The molecule has 4 N–H and O–H groups in total. The Hall–Kier alpha value is -3.03. The molecule has 1 saturated carbocycles. The van der Waals surface area contributed by atoms with Crippen LogP contribution in [0.15, 0.2) is 48.1 Å². The summed E-state index contributed by atoms with van der Waals surface area (Å²) in [6, 6.07) is 9.35. The lowest BCUT2D eigenvalue weighted by molar-refractivity contribution is 0.0949. The number of nitrogens with zero attached hydrogens (tertiary/aromatic N) is 1. The number of pyridine rings is 1. The number of nitrogens with one attached hydrogen (secondary N) is 2. The van der Waals surface area contributed by atoms with Crippen molar-refractivity contribution < 1.29 is 9.59 Å². The molecule has 0 bridgehead atoms. The van der Waals surface area contributed by atoms with E-state index in [0.717, 1.165) is 35.1 Å². The third-order valence-electron chi connectivity index (χ3n) is 4.97. The minimum absolute atomic E-state index is 0.127. The predicted molar refractivity (Wildman–Crippen MR) is 115 cm³/mol. The number of hydrogen-bond acceptors (Lipinski definition) is 5. The number of hydrogen-bond donors (Lipinski definition) is 3. The zero-order valence-electron chi connectivity index (χ0n) is 16.1. The third-order valence-corrected chi connectivity index (χ3v) is 6.05. The first-order valence-corrected chi connectivity index (χ1v) is 10.4. The molecule has 0 atom stereocenters. The van der Waals surface area contributed by atoms with Gasteiger partial charge in [0.15, 0.2) is 0 Å². The van der Waals surface area contributed by atoms with Crippen LogP contribution >= 0.6 is 11.3 Å². The normalized spacial score (nSPS) is 13.2. The number of benzene rings is 1. The van der Waals surface area contributed by atoms with Gasteiger partial charge in [-0.2, -0.15) is 0 Å². The molecule has 0 radical (unpaired) electrons. The lowest BCUT2D eigenvalue weighted by Gasteiger charge is -2.12. The van der Waals surface area contributed by atoms with Crippen LogP contribution in [0, 0.1) is 6.92 Å². The van der Waals surface area contributed by atoms with Crippen LogP contribution < -0.4 is 16.4 Å². The summed E-state index contributed by atoms with van der Waals surface area (Å²) in [5.41, 5.74) is 10.6. The Morgan fingerprint density at radius 3 is 2.76 bits per heavy atom. The average molecular weight is 407 g/mol. The van der Waals surface area contributed by atoms with E-state index in [1.54, 1.807) is 30.6 Å². The number of anilines is 1. The van der Waals surface area contributed by atoms with Crippen molar-refractivity contribution in [1.82, 2.24) is 10.3 Å². The maximum absolute atomic E-state index is 13.0. The molecule has 2 aromatic heterocycles. The van der Waals surface area contributed by atoms with E-state index in [1.165, 1.54) is 11.3 Å². The molecule has 29 heavy (non-hydrogen) atoms. The lowest BCUT2D eigenvalue weighted by Crippen LogP contribution is -2.25. The van der Waals surface area contributed by atoms with E-state index < -0.39 is 0 Å². The van der Waals surface area contributed by atoms with Crippen molar-refractivity contribution in [3.05, 3.63) is 69.7 Å². The maximum Gasteiger partial charge on any atom is 0.266 e. The standard InChI is InChI=1S/C22H22N4O2S/c1-13-18(16-3-2-8-24-11-16)12-29-20(13)22(28)26-19-9-14(4-5-15(19)10-23)21(27)25-17-6-7-17/h2-5,8-9,11-12,17H,6-7,10,23H2,1H3,(H,25,27)(H,26,28). The Kier molecular flexibility index (Phi) is 5.42. The summed E-state index contributed by atoms with van der Waals surface area (Å²) < 4.78 is 0. The Morgan fingerprint density at radius 1 is 1.24 bits per heavy atom. The quantitative estimate of drug-likeness (QED) is 0.581. The van der Waals surface area contributed by atoms with E-state index in [4.69, 9.17) is 5.73 Å². The maximum atomic E-state index is 13.0. The molecule has 1 fully saturated rings. The average Bonchev–Trinajstić information content (AvgIpc) is 3.47. The highest BCUT2D eigenvalue weighted by Crippen LogP contribution is 2.31. The molecule has 0 aliphatic heterocycles. The van der Waals surface area contributed by atoms with Crippen LogP contribution in [0.2, 0.25) is 0 Å². The molecule has 3 aromatic rings. The van der Waals surface area contributed by atoms with E-state index in [0.29, 0.717) is 16.1 Å². The van der Waals surface area contributed by atoms with Gasteiger partial charge in [-0.3, -0.25) is 14.6 Å². The second kappa shape index (κ2) is 8.14. The van der Waals surface area contributed by atoms with Gasteiger partial charge in [0, 0.05) is 41.8 Å². The van der Waals surface area contributed by atoms with Crippen LogP contribution in [0.4, 0.5) is 5.69 Å². The Labute approximate surface area is 173 Å². The summed E-state index contributed by atoms with van der Waals surface area (Å²) in [4.78, 5) is 30.1. The zero-order valence-corrected chi connectivity index (χ0v) is 16.9. The SMILES string of the molecule is Cc1c(-c2cccnc2)csc1C(=O)Nc1cc(C(=O)NC2CC2)ccc1CN. The molecule has 6 nitrogen and oxygen atoms in total. The summed E-state index contributed by atoms with van der Waals surface area (Å²) in [6.45, 7) is 2.20. The molecule has 4 rings (SSSR count). The first-order valence-electron chi connectivity index (χ1n) is 9.50. The summed E-state index contributed by atoms with van der Waals surface area (Å²) in [7, 11) is 0. The van der Waals surface area contributed by atoms with Crippen molar-refractivity contribution in [2.45, 2.75) is 32.4 Å². The molecule has 1 aromatic carbocycles. The van der Waals surface area contributed by atoms with Gasteiger partial charge in [-0.25, -0.2) is 0 Å². The molecule has 7 heteroatoms. The van der Waals surface area contributed by atoms with Crippen molar-refractivity contribution in [3.8, 4) is 11.1 Å². The van der Waals surface area contributed by atoms with E-state index in [2.05, 4.69) is 15.6 Å². The van der Waals surface area contributed by atoms with Gasteiger partial charge < -0.3 is 16.4 Å². The number of rotatable bonds is 6. The molecule has 0 unspecified atom stereocenters. The fraction of sp³-hybridized carbons (Fsp3) is 0.227. The minimum atomic E-state index is -0.211. The second-order valence-corrected chi connectivity index (χ2v) is 8.00. The van der Waals surface area contributed by atoms with Crippen LogP contribution in [0.5, 0.6) is 0 Å². The van der Waals surface area contributed by atoms with Crippen molar-refractivity contribution in [3.63, 3.8) is 0 Å². The molecule has 2 amide bonds. The van der Waals surface area contributed by atoms with Crippen molar-refractivity contribution in [2.75, 3.05) is 5.32 Å². The van der Waals surface area contributed by atoms with Gasteiger partial charge in [0.25, 0.3) is 11.8 Å². The van der Waals surface area contributed by atoms with E-state index in [-0.39, 0.29) is 24.4 Å². The Balaban J connectivity index is 1.58. The number of nitrogens with two attached hydrogens (primary N) is 1. The molecular formula is C22H22N4O2S. The highest BCUT2D eigenvalue weighted by molar-refractivity contribution is 7.12. The highest BCUT2D eigenvalue weighted by Gasteiger charge is 2.24. The number of carbonyl (C=O) groups excluding carboxylic acids is 2. The topological polar surface area (TPSA) is 97.1 Å². The molecule has 0 saturated heterocycles. The molecule has 1 aliphatic carbocycles. The number of aromatic nitrogens is 1. The second-order valence-electron chi connectivity index (χ2n) is 7.12. The molecule has 148 valence electrons. The summed E-state index contributed by atoms with van der Waals surface area (Å²) in [5, 5.41) is 7.87. The molecule has 1 aliphatic rings. The van der Waals surface area contributed by atoms with Crippen molar-refractivity contribution >= 4 is 28.8 Å². The summed E-state index contributed by atoms with van der Waals surface area (Å²) >= 11 is 1.39. The molecular weight excluding hydrogens is 384 g/mol. The van der Waals surface area contributed by atoms with Crippen LogP contribution in [0.3, 0.4) is 0 Å². The highest BCUT2D eigenvalue weighted by atomic mass is 32.1. The van der Waals surface area contributed by atoms with Gasteiger partial charge in [-0.05, 0) is 60.0 Å². The molecule has 2 heterocycles. The molecule has 0 spiro atoms. The van der Waals surface area contributed by atoms with Crippen molar-refractivity contribution in [2.24, 2.45) is 5.73 Å². The van der Waals surface area contributed by atoms with Crippen molar-refractivity contribution in [1.29, 1.82) is 0 Å². The van der Waals surface area contributed by atoms with Gasteiger partial charge in [-0.1, -0.05) is 12.1 Å². The summed E-state index contributed by atoms with van der Waals surface area (Å²) in [5.74, 6) is -0.338. The van der Waals surface area contributed by atoms with E-state index in [1.807, 2.05) is 24.4 Å². The van der Waals surface area contributed by atoms with E-state index in [9.17, 15) is 9.59 Å². The largest absolute Gasteiger partial charge is 0.349 e. The third kappa shape index (κ3) is 4.21. The number of amides is 2. The number of carbonyl (C=O) groups is 2. The van der Waals surface area contributed by atoms with Crippen LogP contribution in [0.1, 0.15) is 44.0 Å². The zero-order chi connectivity index (χ0) is 20.4. The summed E-state index contributed by atoms with van der Waals surface area (Å²) in [6.07, 6.45) is 5.55. The lowest BCUT2D eigenvalue weighted by atomic mass is 10.1. The predicted octanol–water partition coefficient (Wildman–Crippen LogP) is 3.72. The van der Waals surface area contributed by atoms with E-state index >= 15 is 0 Å². The van der Waals surface area contributed by atoms with Gasteiger partial charge >= 0.3 is 0 Å². The first kappa shape index (κ1) is 19.3.